The van der Waals surface area contributed by atoms with Gasteiger partial charge in [0.15, 0.2) is 0 Å². The Bertz CT molecular complexity index is 240. The zero-order valence-electron chi connectivity index (χ0n) is 9.21. The van der Waals surface area contributed by atoms with Crippen molar-refractivity contribution in [3.8, 4) is 0 Å². The van der Waals surface area contributed by atoms with Crippen molar-refractivity contribution in [2.24, 2.45) is 5.92 Å². The van der Waals surface area contributed by atoms with Gasteiger partial charge in [-0.25, -0.2) is 0 Å². The normalized spacial score (nSPS) is 17.1. The van der Waals surface area contributed by atoms with Crippen molar-refractivity contribution in [3.63, 3.8) is 0 Å². The summed E-state index contributed by atoms with van der Waals surface area (Å²) in [4.78, 5) is 0. The van der Waals surface area contributed by atoms with Crippen molar-refractivity contribution in [1.82, 2.24) is 0 Å². The van der Waals surface area contributed by atoms with Crippen LogP contribution in [0.25, 0.3) is 0 Å². The molecule has 0 aromatic rings. The molecule has 0 saturated heterocycles. The Morgan fingerprint density at radius 2 is 1.07 bits per heavy atom. The minimum atomic E-state index is -2.13. The summed E-state index contributed by atoms with van der Waals surface area (Å²) in [5.74, 6) is 0.694. The average molecular weight is 334 g/mol. The van der Waals surface area contributed by atoms with Crippen LogP contribution in [-0.4, -0.2) is 0 Å². The van der Waals surface area contributed by atoms with Gasteiger partial charge in [0.1, 0.15) is 0 Å². The van der Waals surface area contributed by atoms with Crippen molar-refractivity contribution in [2.45, 2.75) is 34.6 Å². The Morgan fingerprint density at radius 1 is 0.857 bits per heavy atom. The third-order valence-corrected chi connectivity index (χ3v) is 3.04. The summed E-state index contributed by atoms with van der Waals surface area (Å²) < 4.78 is 0. The molecule has 0 bridgehead atoms. The van der Waals surface area contributed by atoms with Crippen LogP contribution in [0.1, 0.15) is 34.6 Å². The predicted octanol–water partition coefficient (Wildman–Crippen LogP) is 5.37. The van der Waals surface area contributed by atoms with E-state index in [-0.39, 0.29) is 0 Å². The van der Waals surface area contributed by atoms with Crippen LogP contribution >= 0.6 is 25.5 Å². The fourth-order valence-corrected chi connectivity index (χ4v) is 1.57. The molecule has 0 nitrogen and oxygen atoms in total. The van der Waals surface area contributed by atoms with Crippen molar-refractivity contribution in [3.05, 3.63) is 22.3 Å². The molecule has 0 aliphatic heterocycles. The summed E-state index contributed by atoms with van der Waals surface area (Å²) in [7, 11) is 15.0. The molecule has 0 aromatic carbocycles. The van der Waals surface area contributed by atoms with Gasteiger partial charge in [-0.2, -0.15) is 0 Å². The van der Waals surface area contributed by atoms with E-state index in [0.29, 0.717) is 5.92 Å². The van der Waals surface area contributed by atoms with E-state index in [0.717, 1.165) is 0 Å². The van der Waals surface area contributed by atoms with Gasteiger partial charge in [-0.15, -0.1) is 0 Å². The first kappa shape index (κ1) is 15.2. The van der Waals surface area contributed by atoms with E-state index in [9.17, 15) is 0 Å². The molecule has 14 heavy (non-hydrogen) atoms. The molecule has 0 N–H and O–H groups in total. The molecule has 0 saturated carbocycles. The van der Waals surface area contributed by atoms with E-state index < -0.39 is 18.2 Å². The Labute approximate surface area is 106 Å². The van der Waals surface area contributed by atoms with Gasteiger partial charge in [0.05, 0.1) is 0 Å². The fraction of sp³-hybridized carbons (Fsp3) is 0.600. The van der Waals surface area contributed by atoms with Gasteiger partial charge in [-0.1, -0.05) is 18.1 Å². The van der Waals surface area contributed by atoms with Gasteiger partial charge < -0.3 is 0 Å². The van der Waals surface area contributed by atoms with E-state index in [1.807, 2.05) is 0 Å². The molecule has 0 heterocycles. The first-order valence-electron chi connectivity index (χ1n) is 4.47. The van der Waals surface area contributed by atoms with Gasteiger partial charge in [-0.3, -0.25) is 0 Å². The van der Waals surface area contributed by atoms with Gasteiger partial charge in [0.25, 0.3) is 0 Å². The molecule has 0 unspecified atom stereocenters. The van der Waals surface area contributed by atoms with E-state index in [4.69, 9.17) is 25.5 Å². The average Bonchev–Trinajstić information content (AvgIpc) is 2.23. The summed E-state index contributed by atoms with van der Waals surface area (Å²) >= 11 is -2.13. The standard InChI is InChI=1S/C10H16.3ClH.Zr/c1-6-7(2)9(4)10(5)8(6)3;;;;/h6H,1-5H3;3*1H;/q;;;;+3/p-3. The number of hydrogen-bond donors (Lipinski definition) is 0. The summed E-state index contributed by atoms with van der Waals surface area (Å²) in [6.45, 7) is 11.2. The molecule has 0 amide bonds. The van der Waals surface area contributed by atoms with E-state index in [1.54, 1.807) is 11.1 Å². The second-order valence-corrected chi connectivity index (χ2v) is 14.7. The first-order valence-corrected chi connectivity index (χ1v) is 14.0. The fourth-order valence-electron chi connectivity index (χ4n) is 1.57. The molecule has 0 atom stereocenters. The maximum atomic E-state index is 5.00. The third-order valence-electron chi connectivity index (χ3n) is 3.04. The van der Waals surface area contributed by atoms with Crippen LogP contribution in [0.4, 0.5) is 0 Å². The predicted molar refractivity (Wildman–Crippen MR) is 63.5 cm³/mol. The van der Waals surface area contributed by atoms with Crippen LogP contribution in [0, 0.1) is 5.92 Å². The van der Waals surface area contributed by atoms with Crippen LogP contribution in [0.3, 0.4) is 0 Å². The Kier molecular flexibility index (Phi) is 7.33. The minimum absolute atomic E-state index is 0.694. The topological polar surface area (TPSA) is 0 Å². The second-order valence-electron chi connectivity index (χ2n) is 3.55. The molecule has 1 aliphatic rings. The summed E-state index contributed by atoms with van der Waals surface area (Å²) in [6.07, 6.45) is 0. The number of hydrogen-bond acceptors (Lipinski definition) is 0. The number of rotatable bonds is 0. The second kappa shape index (κ2) is 6.74. The van der Waals surface area contributed by atoms with Gasteiger partial charge in [0.2, 0.25) is 0 Å². The molecule has 1 aliphatic carbocycles. The zero-order valence-corrected chi connectivity index (χ0v) is 13.9. The van der Waals surface area contributed by atoms with E-state index in [2.05, 4.69) is 34.6 Å². The third kappa shape index (κ3) is 4.39. The first-order chi connectivity index (χ1) is 6.29. The van der Waals surface area contributed by atoms with Gasteiger partial charge >= 0.3 is 43.7 Å². The van der Waals surface area contributed by atoms with Crippen molar-refractivity contribution < 1.29 is 18.2 Å². The summed E-state index contributed by atoms with van der Waals surface area (Å²) in [5, 5.41) is 0. The van der Waals surface area contributed by atoms with Crippen LogP contribution < -0.4 is 0 Å². The van der Waals surface area contributed by atoms with E-state index >= 15 is 0 Å². The molecule has 1 rings (SSSR count). The molecule has 0 radical (unpaired) electrons. The molecule has 81 valence electrons. The Hall–Kier alpha value is 1.23. The Morgan fingerprint density at radius 3 is 1.14 bits per heavy atom. The molecule has 0 aromatic heterocycles. The summed E-state index contributed by atoms with van der Waals surface area (Å²) in [6, 6.07) is 0. The number of allylic oxidation sites excluding steroid dienone is 4. The molecular weight excluding hydrogens is 318 g/mol. The maximum absolute atomic E-state index is 5.00. The molecule has 4 heteroatoms. The molecule has 0 fully saturated rings. The van der Waals surface area contributed by atoms with Crippen LogP contribution in [0.5, 0.6) is 0 Å². The monoisotopic (exact) mass is 331 g/mol. The van der Waals surface area contributed by atoms with Crippen LogP contribution in [-0.2, 0) is 18.2 Å². The van der Waals surface area contributed by atoms with Crippen molar-refractivity contribution in [2.75, 3.05) is 0 Å². The van der Waals surface area contributed by atoms with Crippen molar-refractivity contribution in [1.29, 1.82) is 0 Å². The molecule has 0 spiro atoms. The summed E-state index contributed by atoms with van der Waals surface area (Å²) in [5.41, 5.74) is 6.11. The van der Waals surface area contributed by atoms with Gasteiger partial charge in [-0.05, 0) is 44.8 Å². The zero-order chi connectivity index (χ0) is 11.5. The van der Waals surface area contributed by atoms with E-state index in [1.165, 1.54) is 11.1 Å². The SMILES string of the molecule is CC1=C(C)C(C)C(C)=C1C.[Cl][Zr]([Cl])[Cl]. The quantitative estimate of drug-likeness (QED) is 0.558. The van der Waals surface area contributed by atoms with Crippen LogP contribution in [0.15, 0.2) is 22.3 Å². The van der Waals surface area contributed by atoms with Crippen molar-refractivity contribution >= 4 is 25.5 Å². The Balaban J connectivity index is 0.000000364. The van der Waals surface area contributed by atoms with Crippen LogP contribution in [0.2, 0.25) is 0 Å². The molecular formula is C10H16Cl3Zr. The van der Waals surface area contributed by atoms with Gasteiger partial charge in [0, 0.05) is 0 Å². The number of halogens is 3.